The van der Waals surface area contributed by atoms with Crippen molar-refractivity contribution in [2.24, 2.45) is 0 Å². The minimum atomic E-state index is -0.359. The summed E-state index contributed by atoms with van der Waals surface area (Å²) in [4.78, 5) is 10.5. The van der Waals surface area contributed by atoms with E-state index in [0.29, 0.717) is 0 Å². The summed E-state index contributed by atoms with van der Waals surface area (Å²) in [7, 11) is 0. The lowest BCUT2D eigenvalue weighted by atomic mass is 10.0. The van der Waals surface area contributed by atoms with E-state index >= 15 is 0 Å². The van der Waals surface area contributed by atoms with E-state index in [4.69, 9.17) is 11.6 Å². The van der Waals surface area contributed by atoms with E-state index in [9.17, 15) is 4.79 Å². The summed E-state index contributed by atoms with van der Waals surface area (Å²) in [5.41, 5.74) is 0. The second-order valence-corrected chi connectivity index (χ2v) is 7.88. The van der Waals surface area contributed by atoms with Crippen LogP contribution in [0.3, 0.4) is 0 Å². The molecule has 148 valence electrons. The van der Waals surface area contributed by atoms with Crippen LogP contribution in [0.1, 0.15) is 129 Å². The van der Waals surface area contributed by atoms with E-state index in [1.165, 1.54) is 122 Å². The predicted molar refractivity (Wildman–Crippen MR) is 113 cm³/mol. The quantitative estimate of drug-likeness (QED) is 0.119. The van der Waals surface area contributed by atoms with Crippen molar-refractivity contribution in [2.45, 2.75) is 129 Å². The van der Waals surface area contributed by atoms with Crippen LogP contribution in [0.2, 0.25) is 0 Å². The van der Waals surface area contributed by atoms with Gasteiger partial charge in [0.2, 0.25) is 5.24 Å². The van der Waals surface area contributed by atoms with Gasteiger partial charge in [0, 0.05) is 0 Å². The van der Waals surface area contributed by atoms with Crippen molar-refractivity contribution in [1.82, 2.24) is 0 Å². The number of allylic oxidation sites excluding steroid dienone is 2. The average molecular weight is 371 g/mol. The highest BCUT2D eigenvalue weighted by Gasteiger charge is 1.95. The minimum absolute atomic E-state index is 0.359. The number of hydrogen-bond donors (Lipinski definition) is 0. The Hall–Kier alpha value is -0.300. The Morgan fingerprint density at radius 1 is 0.600 bits per heavy atom. The van der Waals surface area contributed by atoms with Gasteiger partial charge in [0.15, 0.2) is 0 Å². The molecule has 0 rings (SSSR count). The molecule has 0 saturated carbocycles. The topological polar surface area (TPSA) is 17.1 Å². The molecule has 0 aromatic carbocycles. The Morgan fingerprint density at radius 3 is 1.24 bits per heavy atom. The lowest BCUT2D eigenvalue weighted by Crippen LogP contribution is -1.84. The average Bonchev–Trinajstić information content (AvgIpc) is 2.60. The van der Waals surface area contributed by atoms with Crippen LogP contribution in [0.5, 0.6) is 0 Å². The highest BCUT2D eigenvalue weighted by atomic mass is 35.5. The number of hydrogen-bond acceptors (Lipinski definition) is 1. The number of carbonyl (C=O) groups is 1. The molecule has 25 heavy (non-hydrogen) atoms. The zero-order valence-corrected chi connectivity index (χ0v) is 17.6. The van der Waals surface area contributed by atoms with Gasteiger partial charge in [-0.3, -0.25) is 4.79 Å². The molecule has 0 N–H and O–H groups in total. The van der Waals surface area contributed by atoms with Gasteiger partial charge in [0.05, 0.1) is 0 Å². The monoisotopic (exact) mass is 370 g/mol. The first-order valence-corrected chi connectivity index (χ1v) is 11.5. The molecule has 2 heteroatoms. The minimum Gasteiger partial charge on any atom is -0.276 e. The number of unbranched alkanes of at least 4 members (excludes halogenated alkanes) is 18. The number of rotatable bonds is 20. The second kappa shape index (κ2) is 21.7. The number of carbonyl (C=O) groups excluding carboxylic acids is 1. The van der Waals surface area contributed by atoms with Crippen LogP contribution >= 0.6 is 11.6 Å². The summed E-state index contributed by atoms with van der Waals surface area (Å²) in [5, 5.41) is -0.359. The van der Waals surface area contributed by atoms with Gasteiger partial charge in [0.1, 0.15) is 0 Å². The van der Waals surface area contributed by atoms with Crippen molar-refractivity contribution in [3.63, 3.8) is 0 Å². The molecular formula is C23H43ClO. The Kier molecular flexibility index (Phi) is 21.5. The summed E-state index contributed by atoms with van der Waals surface area (Å²) in [5.74, 6) is 0. The SMILES string of the molecule is CCCCCCCCCCCCCCCCCCCCC=CC(=O)Cl. The van der Waals surface area contributed by atoms with Gasteiger partial charge in [-0.1, -0.05) is 122 Å². The molecular weight excluding hydrogens is 328 g/mol. The maximum Gasteiger partial charge on any atom is 0.244 e. The molecule has 0 amide bonds. The maximum absolute atomic E-state index is 10.5. The normalized spacial score (nSPS) is 11.4. The van der Waals surface area contributed by atoms with Crippen LogP contribution in [0, 0.1) is 0 Å². The highest BCUT2D eigenvalue weighted by molar-refractivity contribution is 6.66. The predicted octanol–water partition coefficient (Wildman–Crippen LogP) is 8.74. The van der Waals surface area contributed by atoms with E-state index in [1.807, 2.05) is 6.08 Å². The summed E-state index contributed by atoms with van der Waals surface area (Å²) >= 11 is 5.24. The van der Waals surface area contributed by atoms with Crippen molar-refractivity contribution in [3.05, 3.63) is 12.2 Å². The van der Waals surface area contributed by atoms with Crippen LogP contribution in [-0.2, 0) is 4.79 Å². The molecule has 0 aliphatic rings. The standard InChI is InChI=1S/C23H43ClO/c1-2-3-4-5-6-7-8-9-10-11-12-13-14-15-16-17-18-19-20-21-22-23(24)25/h21-22H,2-20H2,1H3. The lowest BCUT2D eigenvalue weighted by Gasteiger charge is -2.03. The molecule has 0 aliphatic carbocycles. The maximum atomic E-state index is 10.5. The zero-order valence-electron chi connectivity index (χ0n) is 16.9. The third kappa shape index (κ3) is 23.7. The summed E-state index contributed by atoms with van der Waals surface area (Å²) < 4.78 is 0. The molecule has 1 nitrogen and oxygen atoms in total. The molecule has 0 fully saturated rings. The molecule has 0 heterocycles. The summed E-state index contributed by atoms with van der Waals surface area (Å²) in [6.07, 6.45) is 29.6. The fourth-order valence-corrected chi connectivity index (χ4v) is 3.43. The van der Waals surface area contributed by atoms with Crippen molar-refractivity contribution in [2.75, 3.05) is 0 Å². The molecule has 0 unspecified atom stereocenters. The van der Waals surface area contributed by atoms with E-state index in [-0.39, 0.29) is 5.24 Å². The van der Waals surface area contributed by atoms with Crippen LogP contribution in [0.25, 0.3) is 0 Å². The van der Waals surface area contributed by atoms with Gasteiger partial charge in [-0.15, -0.1) is 0 Å². The van der Waals surface area contributed by atoms with E-state index < -0.39 is 0 Å². The number of halogens is 1. The Labute approximate surface area is 163 Å². The van der Waals surface area contributed by atoms with Crippen molar-refractivity contribution >= 4 is 16.8 Å². The zero-order chi connectivity index (χ0) is 18.4. The van der Waals surface area contributed by atoms with E-state index in [1.54, 1.807) is 0 Å². The first-order valence-electron chi connectivity index (χ1n) is 11.1. The first kappa shape index (κ1) is 24.7. The largest absolute Gasteiger partial charge is 0.276 e. The van der Waals surface area contributed by atoms with Gasteiger partial charge in [-0.25, -0.2) is 0 Å². The van der Waals surface area contributed by atoms with Crippen LogP contribution in [0.4, 0.5) is 0 Å². The van der Waals surface area contributed by atoms with Crippen molar-refractivity contribution < 1.29 is 4.79 Å². The Bertz CT molecular complexity index is 298. The molecule has 0 bridgehead atoms. The molecule has 0 radical (unpaired) electrons. The van der Waals surface area contributed by atoms with Gasteiger partial charge in [-0.05, 0) is 30.5 Å². The second-order valence-electron chi connectivity index (χ2n) is 7.51. The molecule has 0 atom stereocenters. The molecule has 0 aromatic heterocycles. The third-order valence-electron chi connectivity index (χ3n) is 4.97. The van der Waals surface area contributed by atoms with Gasteiger partial charge >= 0.3 is 0 Å². The van der Waals surface area contributed by atoms with Gasteiger partial charge in [0.25, 0.3) is 0 Å². The van der Waals surface area contributed by atoms with Gasteiger partial charge < -0.3 is 0 Å². The molecule has 0 spiro atoms. The van der Waals surface area contributed by atoms with E-state index in [2.05, 4.69) is 6.92 Å². The van der Waals surface area contributed by atoms with Gasteiger partial charge in [-0.2, -0.15) is 0 Å². The van der Waals surface area contributed by atoms with Crippen LogP contribution in [0.15, 0.2) is 12.2 Å². The highest BCUT2D eigenvalue weighted by Crippen LogP contribution is 2.14. The van der Waals surface area contributed by atoms with Crippen molar-refractivity contribution in [3.8, 4) is 0 Å². The van der Waals surface area contributed by atoms with E-state index in [0.717, 1.165) is 6.42 Å². The smallest absolute Gasteiger partial charge is 0.244 e. The summed E-state index contributed by atoms with van der Waals surface area (Å²) in [6.45, 7) is 2.29. The molecule has 0 saturated heterocycles. The Morgan fingerprint density at radius 2 is 0.920 bits per heavy atom. The molecule has 0 aromatic rings. The lowest BCUT2D eigenvalue weighted by molar-refractivity contribution is -0.107. The molecule has 0 aliphatic heterocycles. The fraction of sp³-hybridized carbons (Fsp3) is 0.870. The fourth-order valence-electron chi connectivity index (χ4n) is 3.34. The van der Waals surface area contributed by atoms with Crippen LogP contribution in [-0.4, -0.2) is 5.24 Å². The summed E-state index contributed by atoms with van der Waals surface area (Å²) in [6, 6.07) is 0. The van der Waals surface area contributed by atoms with Crippen molar-refractivity contribution in [1.29, 1.82) is 0 Å². The third-order valence-corrected chi connectivity index (χ3v) is 5.10. The first-order chi connectivity index (χ1) is 12.3. The van der Waals surface area contributed by atoms with Crippen LogP contribution < -0.4 is 0 Å². The Balaban J connectivity index is 3.01.